The number of nitrogens with zero attached hydrogens (tertiary/aromatic N) is 1. The van der Waals surface area contributed by atoms with E-state index >= 15 is 0 Å². The Kier molecular flexibility index (Phi) is 4.68. The van der Waals surface area contributed by atoms with Crippen molar-refractivity contribution in [2.45, 2.75) is 13.1 Å². The Labute approximate surface area is 130 Å². The van der Waals surface area contributed by atoms with Crippen molar-refractivity contribution in [1.82, 2.24) is 5.43 Å². The van der Waals surface area contributed by atoms with Crippen molar-refractivity contribution >= 4 is 12.1 Å². The van der Waals surface area contributed by atoms with Gasteiger partial charge in [-0.15, -0.1) is 0 Å². The number of amides is 1. The molecule has 0 aromatic heterocycles. The number of phenols is 1. The summed E-state index contributed by atoms with van der Waals surface area (Å²) in [6, 6.07) is 9.45. The minimum atomic E-state index is -4.51. The van der Waals surface area contributed by atoms with Gasteiger partial charge in [0, 0.05) is 5.56 Å². The maximum Gasteiger partial charge on any atom is 0.417 e. The summed E-state index contributed by atoms with van der Waals surface area (Å²) >= 11 is 0. The van der Waals surface area contributed by atoms with Crippen LogP contribution >= 0.6 is 0 Å². The smallest absolute Gasteiger partial charge is 0.417 e. The molecule has 2 aromatic carbocycles. The first kappa shape index (κ1) is 16.5. The first-order valence-electron chi connectivity index (χ1n) is 6.59. The lowest BCUT2D eigenvalue weighted by molar-refractivity contribution is -0.137. The van der Waals surface area contributed by atoms with Crippen LogP contribution in [0.25, 0.3) is 0 Å². The molecule has 4 nitrogen and oxygen atoms in total. The molecule has 2 aromatic rings. The van der Waals surface area contributed by atoms with Crippen LogP contribution in [0, 0.1) is 6.92 Å². The number of halogens is 3. The van der Waals surface area contributed by atoms with Gasteiger partial charge in [-0.05, 0) is 24.6 Å². The molecule has 0 aliphatic heterocycles. The Morgan fingerprint density at radius 1 is 1.17 bits per heavy atom. The van der Waals surface area contributed by atoms with E-state index < -0.39 is 17.6 Å². The summed E-state index contributed by atoms with van der Waals surface area (Å²) in [5, 5.41) is 13.3. The quantitative estimate of drug-likeness (QED) is 0.671. The van der Waals surface area contributed by atoms with Crippen LogP contribution in [0.3, 0.4) is 0 Å². The van der Waals surface area contributed by atoms with Crippen LogP contribution < -0.4 is 5.43 Å². The van der Waals surface area contributed by atoms with Gasteiger partial charge in [-0.25, -0.2) is 5.43 Å². The molecule has 2 N–H and O–H groups in total. The number of aromatic hydroxyl groups is 1. The fourth-order valence-corrected chi connectivity index (χ4v) is 1.93. The Morgan fingerprint density at radius 2 is 1.87 bits per heavy atom. The van der Waals surface area contributed by atoms with E-state index in [1.165, 1.54) is 24.3 Å². The highest BCUT2D eigenvalue weighted by Gasteiger charge is 2.32. The van der Waals surface area contributed by atoms with Gasteiger partial charge >= 0.3 is 6.18 Å². The first-order chi connectivity index (χ1) is 10.8. The van der Waals surface area contributed by atoms with Gasteiger partial charge in [0.25, 0.3) is 5.91 Å². The Hall–Kier alpha value is -2.83. The highest BCUT2D eigenvalue weighted by Crippen LogP contribution is 2.31. The fraction of sp³-hybridized carbons (Fsp3) is 0.125. The van der Waals surface area contributed by atoms with Gasteiger partial charge in [-0.3, -0.25) is 4.79 Å². The SMILES string of the molecule is Cc1cccc(C(=O)N/N=C\c2ccccc2C(F)(F)F)c1O. The molecule has 2 rings (SSSR count). The van der Waals surface area contributed by atoms with E-state index in [0.29, 0.717) is 5.56 Å². The zero-order valence-corrected chi connectivity index (χ0v) is 12.1. The van der Waals surface area contributed by atoms with Crippen LogP contribution in [0.5, 0.6) is 5.75 Å². The number of hydrazone groups is 1. The number of nitrogens with one attached hydrogen (secondary N) is 1. The molecule has 0 aliphatic carbocycles. The molecular weight excluding hydrogens is 309 g/mol. The number of para-hydroxylation sites is 1. The topological polar surface area (TPSA) is 61.7 Å². The van der Waals surface area contributed by atoms with Gasteiger partial charge in [0.15, 0.2) is 0 Å². The van der Waals surface area contributed by atoms with Crippen molar-refractivity contribution in [3.05, 3.63) is 64.7 Å². The Morgan fingerprint density at radius 3 is 2.57 bits per heavy atom. The van der Waals surface area contributed by atoms with E-state index in [9.17, 15) is 23.1 Å². The minimum Gasteiger partial charge on any atom is -0.507 e. The first-order valence-corrected chi connectivity index (χ1v) is 6.59. The lowest BCUT2D eigenvalue weighted by Gasteiger charge is -2.09. The Balaban J connectivity index is 2.17. The molecule has 0 bridgehead atoms. The van der Waals surface area contributed by atoms with Crippen molar-refractivity contribution < 1.29 is 23.1 Å². The molecule has 0 atom stereocenters. The third kappa shape index (κ3) is 3.88. The van der Waals surface area contributed by atoms with E-state index in [4.69, 9.17) is 0 Å². The van der Waals surface area contributed by atoms with Crippen LogP contribution in [-0.2, 0) is 6.18 Å². The van der Waals surface area contributed by atoms with Crippen LogP contribution in [-0.4, -0.2) is 17.2 Å². The van der Waals surface area contributed by atoms with Gasteiger partial charge in [-0.1, -0.05) is 30.3 Å². The highest BCUT2D eigenvalue weighted by atomic mass is 19.4. The number of benzene rings is 2. The second kappa shape index (κ2) is 6.51. The number of phenolic OH excluding ortho intramolecular Hbond substituents is 1. The van der Waals surface area contributed by atoms with Crippen LogP contribution in [0.1, 0.15) is 27.0 Å². The van der Waals surface area contributed by atoms with Crippen LogP contribution in [0.2, 0.25) is 0 Å². The maximum atomic E-state index is 12.8. The van der Waals surface area contributed by atoms with Crippen molar-refractivity contribution in [3.8, 4) is 5.75 Å². The average Bonchev–Trinajstić information content (AvgIpc) is 2.49. The number of hydrogen-bond acceptors (Lipinski definition) is 3. The zero-order chi connectivity index (χ0) is 17.0. The zero-order valence-electron chi connectivity index (χ0n) is 12.1. The summed E-state index contributed by atoms with van der Waals surface area (Å²) in [7, 11) is 0. The second-order valence-corrected chi connectivity index (χ2v) is 4.76. The number of aryl methyl sites for hydroxylation is 1. The van der Waals surface area contributed by atoms with Gasteiger partial charge in [-0.2, -0.15) is 18.3 Å². The molecule has 1 amide bonds. The lowest BCUT2D eigenvalue weighted by atomic mass is 10.1. The van der Waals surface area contributed by atoms with Gasteiger partial charge < -0.3 is 5.11 Å². The van der Waals surface area contributed by atoms with E-state index in [-0.39, 0.29) is 16.9 Å². The number of hydrogen-bond donors (Lipinski definition) is 2. The standard InChI is InChI=1S/C16H13F3N2O2/c1-10-5-4-7-12(14(10)22)15(23)21-20-9-11-6-2-3-8-13(11)16(17,18)19/h2-9,22H,1H3,(H,21,23)/b20-9-. The largest absolute Gasteiger partial charge is 0.507 e. The second-order valence-electron chi connectivity index (χ2n) is 4.76. The van der Waals surface area contributed by atoms with Gasteiger partial charge in [0.1, 0.15) is 5.75 Å². The number of alkyl halides is 3. The molecule has 7 heteroatoms. The van der Waals surface area contributed by atoms with Crippen molar-refractivity contribution in [2.75, 3.05) is 0 Å². The molecule has 0 aliphatic rings. The third-order valence-corrected chi connectivity index (χ3v) is 3.12. The number of carbonyl (C=O) groups is 1. The molecule has 0 saturated carbocycles. The third-order valence-electron chi connectivity index (χ3n) is 3.12. The van der Waals surface area contributed by atoms with Crippen LogP contribution in [0.4, 0.5) is 13.2 Å². The molecule has 0 unspecified atom stereocenters. The average molecular weight is 322 g/mol. The molecule has 0 saturated heterocycles. The normalized spacial score (nSPS) is 11.7. The molecule has 0 radical (unpaired) electrons. The Bertz CT molecular complexity index is 755. The van der Waals surface area contributed by atoms with Gasteiger partial charge in [0.05, 0.1) is 17.3 Å². The number of carbonyl (C=O) groups excluding carboxylic acids is 1. The van der Waals surface area contributed by atoms with E-state index in [0.717, 1.165) is 12.3 Å². The molecule has 23 heavy (non-hydrogen) atoms. The molecule has 0 spiro atoms. The summed E-state index contributed by atoms with van der Waals surface area (Å²) in [4.78, 5) is 11.9. The summed E-state index contributed by atoms with van der Waals surface area (Å²) in [6.07, 6.45) is -3.60. The van der Waals surface area contributed by atoms with E-state index in [2.05, 4.69) is 10.5 Å². The minimum absolute atomic E-state index is 0.00810. The molecular formula is C16H13F3N2O2. The van der Waals surface area contributed by atoms with Crippen molar-refractivity contribution in [1.29, 1.82) is 0 Å². The molecule has 0 heterocycles. The summed E-state index contributed by atoms with van der Waals surface area (Å²) in [6.45, 7) is 1.62. The van der Waals surface area contributed by atoms with Crippen molar-refractivity contribution in [3.63, 3.8) is 0 Å². The molecule has 120 valence electrons. The monoisotopic (exact) mass is 322 g/mol. The van der Waals surface area contributed by atoms with E-state index in [1.54, 1.807) is 19.1 Å². The maximum absolute atomic E-state index is 12.8. The predicted molar refractivity (Wildman–Crippen MR) is 79.3 cm³/mol. The number of rotatable bonds is 3. The molecule has 0 fully saturated rings. The van der Waals surface area contributed by atoms with E-state index in [1.807, 2.05) is 0 Å². The van der Waals surface area contributed by atoms with Gasteiger partial charge in [0.2, 0.25) is 0 Å². The van der Waals surface area contributed by atoms with Crippen LogP contribution in [0.15, 0.2) is 47.6 Å². The summed E-state index contributed by atoms with van der Waals surface area (Å²) in [5.74, 6) is -0.914. The van der Waals surface area contributed by atoms with Crippen molar-refractivity contribution in [2.24, 2.45) is 5.10 Å². The summed E-state index contributed by atoms with van der Waals surface area (Å²) < 4.78 is 38.4. The summed E-state index contributed by atoms with van der Waals surface area (Å²) in [5.41, 5.74) is 1.57. The fourth-order valence-electron chi connectivity index (χ4n) is 1.93. The highest BCUT2D eigenvalue weighted by molar-refractivity contribution is 5.97. The lowest BCUT2D eigenvalue weighted by Crippen LogP contribution is -2.18. The predicted octanol–water partition coefficient (Wildman–Crippen LogP) is 3.48.